The number of halogens is 6. The van der Waals surface area contributed by atoms with E-state index in [9.17, 15) is 31.4 Å². The summed E-state index contributed by atoms with van der Waals surface area (Å²) in [5.74, 6) is -0.0527. The summed E-state index contributed by atoms with van der Waals surface area (Å²) in [7, 11) is 0. The Kier molecular flexibility index (Phi) is 8.16. The molecule has 4 aromatic carbocycles. The highest BCUT2D eigenvalue weighted by molar-refractivity contribution is 6.09. The minimum absolute atomic E-state index is 0.0527. The monoisotopic (exact) mass is 696 g/mol. The largest absolute Gasteiger partial charge is 0.507 e. The summed E-state index contributed by atoms with van der Waals surface area (Å²) in [6.45, 7) is 7.81. The van der Waals surface area contributed by atoms with Crippen LogP contribution in [0.3, 0.4) is 0 Å². The first-order chi connectivity index (χ1) is 23.3. The number of alkyl halides is 6. The second kappa shape index (κ2) is 11.8. The molecular weight excluding hydrogens is 654 g/mol. The normalized spacial score (nSPS) is 19.4. The third-order valence-corrected chi connectivity index (χ3v) is 10.6. The Bertz CT molecular complexity index is 1890. The molecule has 0 atom stereocenters. The van der Waals surface area contributed by atoms with Gasteiger partial charge in [-0.2, -0.15) is 26.3 Å². The van der Waals surface area contributed by atoms with Crippen LogP contribution in [0.4, 0.5) is 37.7 Å². The lowest BCUT2D eigenvalue weighted by Gasteiger charge is -2.51. The zero-order valence-corrected chi connectivity index (χ0v) is 28.7. The first-order valence-electron chi connectivity index (χ1n) is 17.1. The van der Waals surface area contributed by atoms with Gasteiger partial charge >= 0.3 is 12.4 Å². The van der Waals surface area contributed by atoms with Crippen LogP contribution in [-0.4, -0.2) is 56.9 Å². The Balaban J connectivity index is 1.49. The Morgan fingerprint density at radius 1 is 0.720 bits per heavy atom. The molecule has 1 heterocycles. The van der Waals surface area contributed by atoms with Crippen LogP contribution in [0.5, 0.6) is 5.75 Å². The van der Waals surface area contributed by atoms with Gasteiger partial charge in [0.25, 0.3) is 0 Å². The highest BCUT2D eigenvalue weighted by atomic mass is 19.4. The zero-order valence-electron chi connectivity index (χ0n) is 28.7. The van der Waals surface area contributed by atoms with Crippen LogP contribution in [-0.2, 0) is 10.2 Å². The molecule has 2 aliphatic carbocycles. The highest BCUT2D eigenvalue weighted by Crippen LogP contribution is 2.65. The van der Waals surface area contributed by atoms with Crippen LogP contribution in [0.2, 0.25) is 0 Å². The van der Waals surface area contributed by atoms with Crippen LogP contribution in [0, 0.1) is 10.8 Å². The second-order valence-electron chi connectivity index (χ2n) is 16.0. The number of hydrogen-bond donors (Lipinski definition) is 1. The lowest BCUT2D eigenvalue weighted by molar-refractivity contribution is -0.137. The molecule has 4 nitrogen and oxygen atoms in total. The summed E-state index contributed by atoms with van der Waals surface area (Å²) >= 11 is 0. The number of morpholine rings is 1. The summed E-state index contributed by atoms with van der Waals surface area (Å²) in [5.41, 5.74) is 4.28. The summed E-state index contributed by atoms with van der Waals surface area (Å²) < 4.78 is 89.9. The molecule has 50 heavy (non-hydrogen) atoms. The van der Waals surface area contributed by atoms with E-state index in [-0.39, 0.29) is 27.8 Å². The fourth-order valence-electron chi connectivity index (χ4n) is 9.69. The van der Waals surface area contributed by atoms with Gasteiger partial charge in [-0.05, 0) is 93.6 Å². The Morgan fingerprint density at radius 3 is 1.92 bits per heavy atom. The van der Waals surface area contributed by atoms with Crippen molar-refractivity contribution in [3.63, 3.8) is 0 Å². The molecule has 2 fully saturated rings. The van der Waals surface area contributed by atoms with E-state index in [2.05, 4.69) is 38.7 Å². The molecule has 0 aromatic heterocycles. The fraction of sp³-hybridized carbons (Fsp3) is 0.450. The maximum absolute atomic E-state index is 14.1. The molecule has 1 spiro atoms. The van der Waals surface area contributed by atoms with Gasteiger partial charge in [-0.1, -0.05) is 64.1 Å². The molecule has 0 amide bonds. The van der Waals surface area contributed by atoms with Gasteiger partial charge in [0.1, 0.15) is 18.8 Å². The van der Waals surface area contributed by atoms with Gasteiger partial charge in [0.05, 0.1) is 13.2 Å². The molecular formula is C40H42F6N2O2. The van der Waals surface area contributed by atoms with Gasteiger partial charge in [-0.25, -0.2) is 0 Å². The minimum Gasteiger partial charge on any atom is -0.507 e. The van der Waals surface area contributed by atoms with Crippen LogP contribution >= 0.6 is 0 Å². The van der Waals surface area contributed by atoms with E-state index in [0.717, 1.165) is 47.2 Å². The van der Waals surface area contributed by atoms with Crippen molar-refractivity contribution in [1.29, 1.82) is 0 Å². The van der Waals surface area contributed by atoms with Crippen molar-refractivity contribution in [3.05, 3.63) is 77.9 Å². The summed E-state index contributed by atoms with van der Waals surface area (Å²) in [4.78, 5) is 2.50. The number of nitrogens with zero attached hydrogens (tertiary/aromatic N) is 2. The van der Waals surface area contributed by atoms with Crippen molar-refractivity contribution in [2.24, 2.45) is 10.8 Å². The van der Waals surface area contributed by atoms with E-state index in [1.165, 1.54) is 6.07 Å². The standard InChI is InChI=1S/C40H42F6N2O2/c1-36(2)20-37(3,4)22-38(21-36)31-8-6-5-7-27(31)35-30-18-33(48(23-39(41,42)43)24-40(44,45)46)28(17-29(30)34(49)19-32(35)38)25-9-11-26(12-10-25)47-13-15-50-16-14-47/h5-12,17-19,49H,13-16,20-24H2,1-4H3. The van der Waals surface area contributed by atoms with Gasteiger partial charge < -0.3 is 19.6 Å². The Morgan fingerprint density at radius 2 is 1.32 bits per heavy atom. The summed E-state index contributed by atoms with van der Waals surface area (Å²) in [5, 5.41) is 12.6. The van der Waals surface area contributed by atoms with Crippen molar-refractivity contribution in [2.75, 3.05) is 49.2 Å². The molecule has 266 valence electrons. The maximum Gasteiger partial charge on any atom is 0.405 e. The molecule has 4 aromatic rings. The maximum atomic E-state index is 14.1. The summed E-state index contributed by atoms with van der Waals surface area (Å²) in [6, 6.07) is 19.8. The number of ether oxygens (including phenoxy) is 1. The molecule has 10 heteroatoms. The smallest absolute Gasteiger partial charge is 0.405 e. The molecule has 1 saturated carbocycles. The third kappa shape index (κ3) is 6.40. The minimum atomic E-state index is -4.91. The average Bonchev–Trinajstić information content (AvgIpc) is 3.25. The molecule has 1 N–H and O–H groups in total. The zero-order chi connectivity index (χ0) is 35.9. The number of phenols is 1. The predicted molar refractivity (Wildman–Crippen MR) is 186 cm³/mol. The third-order valence-electron chi connectivity index (χ3n) is 10.6. The van der Waals surface area contributed by atoms with E-state index in [4.69, 9.17) is 4.74 Å². The van der Waals surface area contributed by atoms with Crippen molar-refractivity contribution < 1.29 is 36.2 Å². The lowest BCUT2D eigenvalue weighted by Crippen LogP contribution is -2.43. The Hall–Kier alpha value is -3.92. The topological polar surface area (TPSA) is 35.9 Å². The highest BCUT2D eigenvalue weighted by Gasteiger charge is 2.54. The van der Waals surface area contributed by atoms with Crippen LogP contribution < -0.4 is 9.80 Å². The molecule has 7 rings (SSSR count). The van der Waals surface area contributed by atoms with Crippen LogP contribution in [0.1, 0.15) is 58.1 Å². The number of benzene rings is 4. The number of hydrogen-bond acceptors (Lipinski definition) is 4. The van der Waals surface area contributed by atoms with Crippen LogP contribution in [0.25, 0.3) is 33.0 Å². The quantitative estimate of drug-likeness (QED) is 0.211. The van der Waals surface area contributed by atoms with Gasteiger partial charge in [0, 0.05) is 40.8 Å². The van der Waals surface area contributed by atoms with E-state index >= 15 is 0 Å². The molecule has 1 aliphatic heterocycles. The number of rotatable bonds is 5. The van der Waals surface area contributed by atoms with Crippen molar-refractivity contribution >= 4 is 22.1 Å². The van der Waals surface area contributed by atoms with E-state index in [0.29, 0.717) is 47.5 Å². The van der Waals surface area contributed by atoms with Crippen molar-refractivity contribution in [3.8, 4) is 28.0 Å². The van der Waals surface area contributed by atoms with E-state index < -0.39 is 30.9 Å². The van der Waals surface area contributed by atoms with Crippen molar-refractivity contribution in [1.82, 2.24) is 0 Å². The molecule has 0 radical (unpaired) electrons. The van der Waals surface area contributed by atoms with E-state index in [1.807, 2.05) is 30.3 Å². The van der Waals surface area contributed by atoms with Crippen LogP contribution in [0.15, 0.2) is 66.7 Å². The number of anilines is 2. The lowest BCUT2D eigenvalue weighted by atomic mass is 9.52. The predicted octanol–water partition coefficient (Wildman–Crippen LogP) is 10.5. The van der Waals surface area contributed by atoms with Gasteiger partial charge in [-0.3, -0.25) is 0 Å². The number of fused-ring (bicyclic) bond motifs is 7. The second-order valence-corrected chi connectivity index (χ2v) is 16.0. The first-order valence-corrected chi connectivity index (χ1v) is 17.1. The fourth-order valence-corrected chi connectivity index (χ4v) is 9.69. The van der Waals surface area contributed by atoms with Crippen molar-refractivity contribution in [2.45, 2.75) is 64.7 Å². The first kappa shape index (κ1) is 34.5. The molecule has 0 bridgehead atoms. The SMILES string of the molecule is CC1(C)CC(C)(C)CC2(C1)c1ccccc1-c1c2cc(O)c2cc(-c3ccc(N4CCOCC4)cc3)c(N(CC(F)(F)F)CC(F)(F)F)cc12. The number of aromatic hydroxyl groups is 1. The average molecular weight is 697 g/mol. The summed E-state index contributed by atoms with van der Waals surface area (Å²) in [6.07, 6.45) is -7.26. The van der Waals surface area contributed by atoms with Gasteiger partial charge in [0.15, 0.2) is 0 Å². The molecule has 0 unspecified atom stereocenters. The molecule has 3 aliphatic rings. The Labute approximate surface area is 288 Å². The number of phenolic OH excluding ortho intramolecular Hbond substituents is 1. The molecule has 1 saturated heterocycles. The van der Waals surface area contributed by atoms with Gasteiger partial charge in [0.2, 0.25) is 0 Å². The van der Waals surface area contributed by atoms with E-state index in [1.54, 1.807) is 24.3 Å². The van der Waals surface area contributed by atoms with Gasteiger partial charge in [-0.15, -0.1) is 0 Å².